The molecule has 88 valence electrons. The number of pyridine rings is 1. The first-order valence-corrected chi connectivity index (χ1v) is 6.09. The minimum atomic E-state index is -0.0591. The maximum atomic E-state index is 5.83. The highest BCUT2D eigenvalue weighted by Crippen LogP contribution is 2.23. The monoisotopic (exact) mass is 292 g/mol. The number of hydrogen-bond acceptors (Lipinski definition) is 4. The van der Waals surface area contributed by atoms with Gasteiger partial charge in [0, 0.05) is 34.2 Å². The lowest BCUT2D eigenvalue weighted by Gasteiger charge is -2.09. The molecule has 0 radical (unpaired) electrons. The van der Waals surface area contributed by atoms with Gasteiger partial charge in [0.1, 0.15) is 5.69 Å². The predicted molar refractivity (Wildman–Crippen MR) is 70.3 cm³/mol. The standard InChI is InChI=1S/C12H13BrN4/c1-7(14)9-6-16-12(17-8(9)2)11-10(13)4-3-5-15-11/h3-7H,14H2,1-2H3/t7-/m0/s1. The number of nitrogens with zero attached hydrogens (tertiary/aromatic N) is 3. The van der Waals surface area contributed by atoms with E-state index in [1.54, 1.807) is 12.4 Å². The summed E-state index contributed by atoms with van der Waals surface area (Å²) in [5.41, 5.74) is 8.42. The van der Waals surface area contributed by atoms with Gasteiger partial charge >= 0.3 is 0 Å². The molecule has 0 spiro atoms. The van der Waals surface area contributed by atoms with Gasteiger partial charge in [0.15, 0.2) is 5.82 Å². The fourth-order valence-corrected chi connectivity index (χ4v) is 2.02. The maximum absolute atomic E-state index is 5.83. The first kappa shape index (κ1) is 12.1. The summed E-state index contributed by atoms with van der Waals surface area (Å²) in [7, 11) is 0. The van der Waals surface area contributed by atoms with Crippen molar-refractivity contribution in [2.75, 3.05) is 0 Å². The highest BCUT2D eigenvalue weighted by molar-refractivity contribution is 9.10. The third kappa shape index (κ3) is 2.50. The van der Waals surface area contributed by atoms with Gasteiger partial charge < -0.3 is 5.73 Å². The Labute approximate surface area is 108 Å². The Morgan fingerprint density at radius 2 is 2.12 bits per heavy atom. The minimum Gasteiger partial charge on any atom is -0.324 e. The third-order valence-corrected chi connectivity index (χ3v) is 3.12. The molecule has 2 aromatic heterocycles. The second kappa shape index (κ2) is 4.89. The number of aromatic nitrogens is 3. The Morgan fingerprint density at radius 3 is 2.71 bits per heavy atom. The number of hydrogen-bond donors (Lipinski definition) is 1. The number of rotatable bonds is 2. The normalized spacial score (nSPS) is 12.5. The van der Waals surface area contributed by atoms with E-state index in [4.69, 9.17) is 5.73 Å². The Morgan fingerprint density at radius 1 is 1.35 bits per heavy atom. The van der Waals surface area contributed by atoms with Crippen LogP contribution in [0.2, 0.25) is 0 Å². The van der Waals surface area contributed by atoms with Gasteiger partial charge in [-0.25, -0.2) is 9.97 Å². The van der Waals surface area contributed by atoms with E-state index in [-0.39, 0.29) is 6.04 Å². The smallest absolute Gasteiger partial charge is 0.179 e. The van der Waals surface area contributed by atoms with Crippen LogP contribution >= 0.6 is 15.9 Å². The van der Waals surface area contributed by atoms with E-state index in [1.807, 2.05) is 26.0 Å². The zero-order valence-corrected chi connectivity index (χ0v) is 11.3. The van der Waals surface area contributed by atoms with Crippen molar-refractivity contribution in [1.29, 1.82) is 0 Å². The summed E-state index contributed by atoms with van der Waals surface area (Å²) in [6.45, 7) is 3.85. The van der Waals surface area contributed by atoms with Crippen LogP contribution in [0.1, 0.15) is 24.2 Å². The van der Waals surface area contributed by atoms with Crippen LogP contribution in [0.25, 0.3) is 11.5 Å². The van der Waals surface area contributed by atoms with Gasteiger partial charge in [-0.15, -0.1) is 0 Å². The van der Waals surface area contributed by atoms with Crippen LogP contribution in [0.4, 0.5) is 0 Å². The Hall–Kier alpha value is -1.33. The summed E-state index contributed by atoms with van der Waals surface area (Å²) in [5, 5.41) is 0. The van der Waals surface area contributed by atoms with Crippen LogP contribution in [0.5, 0.6) is 0 Å². The average molecular weight is 293 g/mol. The molecule has 17 heavy (non-hydrogen) atoms. The molecule has 0 aliphatic heterocycles. The minimum absolute atomic E-state index is 0.0591. The lowest BCUT2D eigenvalue weighted by molar-refractivity contribution is 0.789. The molecule has 0 unspecified atom stereocenters. The van der Waals surface area contributed by atoms with Crippen LogP contribution in [-0.2, 0) is 0 Å². The Kier molecular flexibility index (Phi) is 3.49. The van der Waals surface area contributed by atoms with Crippen LogP contribution in [-0.4, -0.2) is 15.0 Å². The molecule has 1 atom stereocenters. The van der Waals surface area contributed by atoms with E-state index in [2.05, 4.69) is 30.9 Å². The van der Waals surface area contributed by atoms with Gasteiger partial charge in [-0.3, -0.25) is 4.98 Å². The summed E-state index contributed by atoms with van der Waals surface area (Å²) in [5.74, 6) is 0.611. The van der Waals surface area contributed by atoms with Crippen molar-refractivity contribution in [3.8, 4) is 11.5 Å². The SMILES string of the molecule is Cc1nc(-c2ncccc2Br)ncc1[C@H](C)N. The van der Waals surface area contributed by atoms with Gasteiger partial charge in [-0.05, 0) is 41.9 Å². The summed E-state index contributed by atoms with van der Waals surface area (Å²) in [6, 6.07) is 3.72. The third-order valence-electron chi connectivity index (χ3n) is 2.48. The van der Waals surface area contributed by atoms with Gasteiger partial charge in [0.2, 0.25) is 0 Å². The van der Waals surface area contributed by atoms with Gasteiger partial charge in [0.05, 0.1) is 0 Å². The van der Waals surface area contributed by atoms with Crippen molar-refractivity contribution in [3.05, 3.63) is 40.3 Å². The largest absolute Gasteiger partial charge is 0.324 e. The molecule has 0 aliphatic carbocycles. The molecule has 0 fully saturated rings. The van der Waals surface area contributed by atoms with E-state index in [9.17, 15) is 0 Å². The molecule has 0 amide bonds. The number of nitrogens with two attached hydrogens (primary N) is 1. The van der Waals surface area contributed by atoms with Crippen LogP contribution in [0.15, 0.2) is 29.0 Å². The topological polar surface area (TPSA) is 64.7 Å². The molecule has 0 bridgehead atoms. The van der Waals surface area contributed by atoms with Crippen molar-refractivity contribution in [3.63, 3.8) is 0 Å². The van der Waals surface area contributed by atoms with E-state index < -0.39 is 0 Å². The van der Waals surface area contributed by atoms with Crippen molar-refractivity contribution in [2.45, 2.75) is 19.9 Å². The average Bonchev–Trinajstić information content (AvgIpc) is 2.29. The molecule has 0 saturated heterocycles. The second-order valence-corrected chi connectivity index (χ2v) is 4.71. The highest BCUT2D eigenvalue weighted by atomic mass is 79.9. The summed E-state index contributed by atoms with van der Waals surface area (Å²) < 4.78 is 0.882. The molecule has 2 heterocycles. The Bertz CT molecular complexity index is 540. The summed E-state index contributed by atoms with van der Waals surface area (Å²) >= 11 is 3.44. The van der Waals surface area contributed by atoms with E-state index >= 15 is 0 Å². The maximum Gasteiger partial charge on any atom is 0.179 e. The first-order chi connectivity index (χ1) is 8.09. The van der Waals surface area contributed by atoms with Crippen molar-refractivity contribution in [2.24, 2.45) is 5.73 Å². The van der Waals surface area contributed by atoms with E-state index in [0.717, 1.165) is 21.4 Å². The van der Waals surface area contributed by atoms with Crippen molar-refractivity contribution in [1.82, 2.24) is 15.0 Å². The molecule has 2 aromatic rings. The fraction of sp³-hybridized carbons (Fsp3) is 0.250. The molecular formula is C12H13BrN4. The molecule has 2 N–H and O–H groups in total. The van der Waals surface area contributed by atoms with Gasteiger partial charge in [0.25, 0.3) is 0 Å². The molecule has 0 aromatic carbocycles. The molecule has 5 heteroatoms. The Balaban J connectivity index is 2.49. The lowest BCUT2D eigenvalue weighted by atomic mass is 10.1. The highest BCUT2D eigenvalue weighted by Gasteiger charge is 2.11. The van der Waals surface area contributed by atoms with Gasteiger partial charge in [-0.1, -0.05) is 0 Å². The van der Waals surface area contributed by atoms with Crippen molar-refractivity contribution >= 4 is 15.9 Å². The summed E-state index contributed by atoms with van der Waals surface area (Å²) in [6.07, 6.45) is 3.49. The summed E-state index contributed by atoms with van der Waals surface area (Å²) in [4.78, 5) is 13.0. The van der Waals surface area contributed by atoms with Crippen LogP contribution < -0.4 is 5.73 Å². The molecule has 0 aliphatic rings. The fourth-order valence-electron chi connectivity index (χ4n) is 1.59. The van der Waals surface area contributed by atoms with Crippen LogP contribution in [0.3, 0.4) is 0 Å². The van der Waals surface area contributed by atoms with E-state index in [0.29, 0.717) is 5.82 Å². The zero-order chi connectivity index (χ0) is 12.4. The molecule has 2 rings (SSSR count). The first-order valence-electron chi connectivity index (χ1n) is 5.29. The van der Waals surface area contributed by atoms with E-state index in [1.165, 1.54) is 0 Å². The molecular weight excluding hydrogens is 280 g/mol. The zero-order valence-electron chi connectivity index (χ0n) is 9.68. The predicted octanol–water partition coefficient (Wildman–Crippen LogP) is 2.63. The number of aryl methyl sites for hydroxylation is 1. The van der Waals surface area contributed by atoms with Crippen molar-refractivity contribution < 1.29 is 0 Å². The number of halogens is 1. The molecule has 4 nitrogen and oxygen atoms in total. The van der Waals surface area contributed by atoms with Gasteiger partial charge in [-0.2, -0.15) is 0 Å². The second-order valence-electron chi connectivity index (χ2n) is 3.86. The lowest BCUT2D eigenvalue weighted by Crippen LogP contribution is -2.09. The quantitative estimate of drug-likeness (QED) is 0.924. The van der Waals surface area contributed by atoms with Crippen LogP contribution in [0, 0.1) is 6.92 Å². The molecule has 0 saturated carbocycles.